The van der Waals surface area contributed by atoms with E-state index in [1.165, 1.54) is 5.56 Å². The Labute approximate surface area is 105 Å². The van der Waals surface area contributed by atoms with Crippen LogP contribution in [0.1, 0.15) is 50.7 Å². The van der Waals surface area contributed by atoms with Gasteiger partial charge in [-0.05, 0) is 28.9 Å². The first-order chi connectivity index (χ1) is 7.93. The van der Waals surface area contributed by atoms with Gasteiger partial charge in [-0.25, -0.2) is 0 Å². The number of benzene rings is 1. The van der Waals surface area contributed by atoms with E-state index >= 15 is 0 Å². The summed E-state index contributed by atoms with van der Waals surface area (Å²) in [5.41, 5.74) is 2.34. The molecule has 17 heavy (non-hydrogen) atoms. The van der Waals surface area contributed by atoms with Crippen molar-refractivity contribution in [2.45, 2.75) is 45.6 Å². The smallest absolute Gasteiger partial charge is 0.268 e. The second-order valence-corrected chi connectivity index (χ2v) is 6.26. The zero-order valence-corrected chi connectivity index (χ0v) is 12.0. The Morgan fingerprint density at radius 1 is 1.00 bits per heavy atom. The first kappa shape index (κ1) is 14.4. The fourth-order valence-corrected chi connectivity index (χ4v) is 3.27. The minimum Gasteiger partial charge on any atom is -0.268 e. The van der Waals surface area contributed by atoms with Crippen molar-refractivity contribution in [1.82, 2.24) is 0 Å². The lowest BCUT2D eigenvalue weighted by atomic mass is 9.84. The molecule has 0 aromatic heterocycles. The Kier molecular flexibility index (Phi) is 5.31. The molecule has 1 unspecified atom stereocenters. The van der Waals surface area contributed by atoms with E-state index in [0.29, 0.717) is 5.92 Å². The number of halogens is 2. The highest BCUT2D eigenvalue weighted by Gasteiger charge is 2.25. The van der Waals surface area contributed by atoms with Gasteiger partial charge in [0.05, 0.1) is 0 Å². The van der Waals surface area contributed by atoms with E-state index in [1.807, 2.05) is 32.0 Å². The van der Waals surface area contributed by atoms with Crippen LogP contribution in [0.4, 0.5) is 8.22 Å². The summed E-state index contributed by atoms with van der Waals surface area (Å²) >= 11 is 0. The Morgan fingerprint density at radius 3 is 1.94 bits per heavy atom. The molecule has 1 radical (unpaired) electrons. The van der Waals surface area contributed by atoms with Gasteiger partial charge in [-0.1, -0.05) is 52.0 Å². The number of hydrogen-bond donors (Lipinski definition) is 0. The minimum atomic E-state index is -3.17. The van der Waals surface area contributed by atoms with Gasteiger partial charge in [0.25, 0.3) is 0 Å². The molecule has 1 rings (SSSR count). The molecule has 0 fully saturated rings. The van der Waals surface area contributed by atoms with Crippen molar-refractivity contribution in [2.24, 2.45) is 5.92 Å². The summed E-state index contributed by atoms with van der Waals surface area (Å²) < 4.78 is 25.5. The van der Waals surface area contributed by atoms with Crippen LogP contribution in [0.5, 0.6) is 0 Å². The Balaban J connectivity index is 3.09. The molecule has 1 aromatic rings. The van der Waals surface area contributed by atoms with Gasteiger partial charge >= 0.3 is 9.46 Å². The highest BCUT2D eigenvalue weighted by molar-refractivity contribution is 6.42. The topological polar surface area (TPSA) is 0 Å². The second-order valence-electron chi connectivity index (χ2n) is 5.18. The van der Waals surface area contributed by atoms with Crippen molar-refractivity contribution in [1.29, 1.82) is 0 Å². The molecule has 0 aliphatic heterocycles. The van der Waals surface area contributed by atoms with Crippen LogP contribution in [0.15, 0.2) is 24.3 Å². The molecule has 0 heterocycles. The lowest BCUT2D eigenvalue weighted by Crippen LogP contribution is -2.14. The normalized spacial score (nSPS) is 13.7. The van der Waals surface area contributed by atoms with Crippen molar-refractivity contribution in [3.8, 4) is 0 Å². The molecular formula is C14H21F2Si. The Bertz CT molecular complexity index is 348. The average Bonchev–Trinajstić information content (AvgIpc) is 2.25. The third kappa shape index (κ3) is 3.91. The Hall–Kier alpha value is -0.703. The molecule has 0 saturated carbocycles. The van der Waals surface area contributed by atoms with Crippen LogP contribution in [0, 0.1) is 5.92 Å². The Morgan fingerprint density at radius 2 is 1.53 bits per heavy atom. The summed E-state index contributed by atoms with van der Waals surface area (Å²) in [6.07, 6.45) is 0. The van der Waals surface area contributed by atoms with E-state index in [1.54, 1.807) is 0 Å². The van der Waals surface area contributed by atoms with Crippen LogP contribution in [-0.4, -0.2) is 9.46 Å². The van der Waals surface area contributed by atoms with Crippen LogP contribution in [0.2, 0.25) is 6.04 Å². The van der Waals surface area contributed by atoms with Gasteiger partial charge in [-0.2, -0.15) is 0 Å². The van der Waals surface area contributed by atoms with E-state index in [0.717, 1.165) is 5.56 Å². The van der Waals surface area contributed by atoms with E-state index in [-0.39, 0.29) is 17.9 Å². The maximum Gasteiger partial charge on any atom is 0.477 e. The van der Waals surface area contributed by atoms with Gasteiger partial charge < -0.3 is 0 Å². The highest BCUT2D eigenvalue weighted by Crippen LogP contribution is 2.35. The van der Waals surface area contributed by atoms with Crippen LogP contribution in [-0.2, 0) is 0 Å². The summed E-state index contributed by atoms with van der Waals surface area (Å²) in [5, 5.41) is 0. The molecule has 95 valence electrons. The molecule has 0 bridgehead atoms. The van der Waals surface area contributed by atoms with Crippen molar-refractivity contribution in [3.63, 3.8) is 0 Å². The number of rotatable bonds is 5. The molecule has 0 nitrogen and oxygen atoms in total. The highest BCUT2D eigenvalue weighted by atomic mass is 28.4. The summed E-state index contributed by atoms with van der Waals surface area (Å²) in [6.45, 7) is 8.30. The summed E-state index contributed by atoms with van der Waals surface area (Å²) in [6, 6.07) is 8.10. The van der Waals surface area contributed by atoms with Crippen LogP contribution >= 0.6 is 0 Å². The van der Waals surface area contributed by atoms with Gasteiger partial charge in [0.1, 0.15) is 0 Å². The largest absolute Gasteiger partial charge is 0.477 e. The molecule has 0 aliphatic rings. The van der Waals surface area contributed by atoms with Crippen molar-refractivity contribution < 1.29 is 8.22 Å². The third-order valence-electron chi connectivity index (χ3n) is 3.20. The summed E-state index contributed by atoms with van der Waals surface area (Å²) in [4.78, 5) is 0. The SMILES string of the molecule is CC(C)c1ccccc1C(C[Si](F)F)C(C)C. The van der Waals surface area contributed by atoms with Crippen molar-refractivity contribution in [3.05, 3.63) is 35.4 Å². The molecule has 1 aromatic carbocycles. The lowest BCUT2D eigenvalue weighted by molar-refractivity contribution is 0.501. The first-order valence-corrected chi connectivity index (χ1v) is 7.65. The zero-order chi connectivity index (χ0) is 13.0. The van der Waals surface area contributed by atoms with Crippen LogP contribution in [0.3, 0.4) is 0 Å². The zero-order valence-electron chi connectivity index (χ0n) is 11.0. The molecule has 0 aliphatic carbocycles. The van der Waals surface area contributed by atoms with Gasteiger partial charge in [0.15, 0.2) is 0 Å². The van der Waals surface area contributed by atoms with E-state index < -0.39 is 9.46 Å². The minimum absolute atomic E-state index is 0.00233. The fourth-order valence-electron chi connectivity index (χ4n) is 2.25. The van der Waals surface area contributed by atoms with Crippen LogP contribution < -0.4 is 0 Å². The molecule has 0 N–H and O–H groups in total. The summed E-state index contributed by atoms with van der Waals surface area (Å²) in [7, 11) is -3.17. The van der Waals surface area contributed by atoms with Gasteiger partial charge in [0, 0.05) is 6.04 Å². The third-order valence-corrected chi connectivity index (χ3v) is 3.94. The quantitative estimate of drug-likeness (QED) is 0.514. The average molecular weight is 255 g/mol. The molecule has 1 atom stereocenters. The van der Waals surface area contributed by atoms with Gasteiger partial charge in [0.2, 0.25) is 0 Å². The molecule has 0 saturated heterocycles. The number of hydrogen-bond acceptors (Lipinski definition) is 0. The maximum atomic E-state index is 12.8. The first-order valence-electron chi connectivity index (χ1n) is 6.19. The van der Waals surface area contributed by atoms with Crippen molar-refractivity contribution >= 4 is 9.46 Å². The second kappa shape index (κ2) is 6.29. The van der Waals surface area contributed by atoms with E-state index in [4.69, 9.17) is 0 Å². The monoisotopic (exact) mass is 255 g/mol. The fraction of sp³-hybridized carbons (Fsp3) is 0.571. The molecule has 0 spiro atoms. The maximum absolute atomic E-state index is 12.8. The molecular weight excluding hydrogens is 234 g/mol. The van der Waals surface area contributed by atoms with Crippen LogP contribution in [0.25, 0.3) is 0 Å². The van der Waals surface area contributed by atoms with Crippen molar-refractivity contribution in [2.75, 3.05) is 0 Å². The predicted molar refractivity (Wildman–Crippen MR) is 70.9 cm³/mol. The lowest BCUT2D eigenvalue weighted by Gasteiger charge is -2.24. The molecule has 3 heteroatoms. The van der Waals surface area contributed by atoms with E-state index in [2.05, 4.69) is 19.9 Å². The predicted octanol–water partition coefficient (Wildman–Crippen LogP) is 4.98. The van der Waals surface area contributed by atoms with Gasteiger partial charge in [-0.15, -0.1) is 0 Å². The summed E-state index contributed by atoms with van der Waals surface area (Å²) in [5.74, 6) is 0.654. The molecule has 0 amide bonds. The standard InChI is InChI=1S/C14H21F2Si/c1-10(2)12-7-5-6-8-13(12)14(11(3)4)9-17(15)16/h5-8,10-11,14H,9H2,1-4H3. The van der Waals surface area contributed by atoms with E-state index in [9.17, 15) is 8.22 Å². The van der Waals surface area contributed by atoms with Gasteiger partial charge in [-0.3, -0.25) is 8.22 Å².